The van der Waals surface area contributed by atoms with E-state index in [1.165, 1.54) is 6.92 Å². The Labute approximate surface area is 195 Å². The monoisotopic (exact) mass is 495 g/mol. The van der Waals surface area contributed by atoms with Crippen LogP contribution in [0.15, 0.2) is 30.3 Å². The molecule has 0 amide bonds. The zero-order valence-electron chi connectivity index (χ0n) is 17.2. The molecule has 8 nitrogen and oxygen atoms in total. The number of hydrogen-bond donors (Lipinski definition) is 1. The maximum absolute atomic E-state index is 11.3. The van der Waals surface area contributed by atoms with Crippen LogP contribution in [-0.2, 0) is 39.8 Å². The van der Waals surface area contributed by atoms with Crippen molar-refractivity contribution >= 4 is 46.7 Å². The molecule has 1 N–H and O–H groups in total. The van der Waals surface area contributed by atoms with Gasteiger partial charge in [-0.3, -0.25) is 10.2 Å². The highest BCUT2D eigenvalue weighted by Crippen LogP contribution is 2.40. The molecule has 0 saturated carbocycles. The lowest BCUT2D eigenvalue weighted by atomic mass is 9.99. The van der Waals surface area contributed by atoms with E-state index in [1.54, 1.807) is 13.8 Å². The smallest absolute Gasteiger partial charge is 0.302 e. The Morgan fingerprint density at radius 3 is 2.42 bits per heavy atom. The minimum atomic E-state index is -2.10. The highest BCUT2D eigenvalue weighted by molar-refractivity contribution is 6.76. The molecule has 0 aliphatic carbocycles. The predicted octanol–water partition coefficient (Wildman–Crippen LogP) is 3.74. The lowest BCUT2D eigenvalue weighted by Gasteiger charge is -2.41. The van der Waals surface area contributed by atoms with Crippen molar-refractivity contribution in [3.8, 4) is 0 Å². The number of alkyl halides is 3. The van der Waals surface area contributed by atoms with Crippen molar-refractivity contribution in [2.24, 2.45) is 0 Å². The van der Waals surface area contributed by atoms with Gasteiger partial charge in [-0.05, 0) is 19.4 Å². The molecule has 0 radical (unpaired) electrons. The van der Waals surface area contributed by atoms with Gasteiger partial charge in [0.2, 0.25) is 12.2 Å². The number of ether oxygens (including phenoxy) is 6. The van der Waals surface area contributed by atoms with E-state index in [-0.39, 0.29) is 13.2 Å². The van der Waals surface area contributed by atoms with Crippen LogP contribution in [0.4, 0.5) is 0 Å². The van der Waals surface area contributed by atoms with Gasteiger partial charge in [0.25, 0.3) is 3.79 Å². The number of nitrogens with one attached hydrogen (secondary N) is 1. The highest BCUT2D eigenvalue weighted by atomic mass is 35.6. The van der Waals surface area contributed by atoms with Crippen LogP contribution in [0.3, 0.4) is 0 Å². The van der Waals surface area contributed by atoms with Crippen molar-refractivity contribution in [3.63, 3.8) is 0 Å². The van der Waals surface area contributed by atoms with E-state index in [2.05, 4.69) is 0 Å². The van der Waals surface area contributed by atoms with Gasteiger partial charge in [-0.15, -0.1) is 0 Å². The molecule has 0 bridgehead atoms. The first-order valence-electron chi connectivity index (χ1n) is 9.58. The molecule has 172 valence electrons. The lowest BCUT2D eigenvalue weighted by Crippen LogP contribution is -2.59. The molecule has 1 aromatic rings. The minimum absolute atomic E-state index is 0.109. The van der Waals surface area contributed by atoms with Gasteiger partial charge >= 0.3 is 5.97 Å². The second-order valence-corrected chi connectivity index (χ2v) is 9.90. The standard InChI is InChI=1S/C20H24Cl3NO7/c1-11(25)26-10-13-14-15(31-19(2,3)30-14)16(27-9-12-7-5-4-6-8-12)17(28-13)29-18(24)20(21,22)23/h4-8,13-17,24H,9-10H2,1-3H3/t13-,14+,15+,16-,17+/m1/s1. The Bertz CT molecular complexity index is 787. The number of carbonyl (C=O) groups excluding carboxylic acids is 1. The van der Waals surface area contributed by atoms with Gasteiger partial charge in [-0.2, -0.15) is 0 Å². The third-order valence-corrected chi connectivity index (χ3v) is 5.17. The average Bonchev–Trinajstić information content (AvgIpc) is 3.00. The number of rotatable bonds is 6. The SMILES string of the molecule is CC(=O)OC[C@H]1O[C@@H](OC(=N)C(Cl)(Cl)Cl)[C@H](OCc2ccccc2)[C@H]2OC(C)(C)O[C@H]21. The fourth-order valence-corrected chi connectivity index (χ4v) is 3.53. The summed E-state index contributed by atoms with van der Waals surface area (Å²) in [6.45, 7) is 4.90. The maximum Gasteiger partial charge on any atom is 0.302 e. The number of carbonyl (C=O) groups is 1. The predicted molar refractivity (Wildman–Crippen MR) is 113 cm³/mol. The summed E-state index contributed by atoms with van der Waals surface area (Å²) in [7, 11) is 0. The van der Waals surface area contributed by atoms with E-state index in [1.807, 2.05) is 30.3 Å². The van der Waals surface area contributed by atoms with Crippen LogP contribution in [0, 0.1) is 5.41 Å². The van der Waals surface area contributed by atoms with Crippen molar-refractivity contribution in [1.82, 2.24) is 0 Å². The van der Waals surface area contributed by atoms with Crippen molar-refractivity contribution in [2.75, 3.05) is 6.61 Å². The van der Waals surface area contributed by atoms with E-state index in [0.717, 1.165) is 5.56 Å². The minimum Gasteiger partial charge on any atom is -0.463 e. The second kappa shape index (κ2) is 9.79. The van der Waals surface area contributed by atoms with Gasteiger partial charge in [-0.1, -0.05) is 65.1 Å². The third kappa shape index (κ3) is 6.44. The molecule has 11 heteroatoms. The van der Waals surface area contributed by atoms with E-state index in [0.29, 0.717) is 0 Å². The average molecular weight is 497 g/mol. The molecule has 1 aromatic carbocycles. The van der Waals surface area contributed by atoms with Crippen LogP contribution in [-0.4, -0.2) is 58.8 Å². The number of esters is 1. The fraction of sp³-hybridized carbons (Fsp3) is 0.600. The number of benzene rings is 1. The number of hydrogen-bond acceptors (Lipinski definition) is 8. The first kappa shape index (κ1) is 24.5. The van der Waals surface area contributed by atoms with Gasteiger partial charge < -0.3 is 28.4 Å². The molecule has 2 aliphatic rings. The quantitative estimate of drug-likeness (QED) is 0.277. The molecule has 2 aliphatic heterocycles. The van der Waals surface area contributed by atoms with Gasteiger partial charge in [0.1, 0.15) is 31.0 Å². The molecule has 0 spiro atoms. The Morgan fingerprint density at radius 1 is 1.16 bits per heavy atom. The molecular weight excluding hydrogens is 473 g/mol. The molecule has 2 saturated heterocycles. The fourth-order valence-electron chi connectivity index (χ4n) is 3.39. The molecule has 3 rings (SSSR count). The summed E-state index contributed by atoms with van der Waals surface area (Å²) >= 11 is 17.3. The summed E-state index contributed by atoms with van der Waals surface area (Å²) in [6, 6.07) is 9.48. The Morgan fingerprint density at radius 2 is 1.81 bits per heavy atom. The second-order valence-electron chi connectivity index (χ2n) is 7.62. The topological polar surface area (TPSA) is 96.3 Å². The zero-order valence-corrected chi connectivity index (χ0v) is 19.4. The zero-order chi connectivity index (χ0) is 22.8. The van der Waals surface area contributed by atoms with Crippen LogP contribution in [0.1, 0.15) is 26.3 Å². The van der Waals surface area contributed by atoms with Gasteiger partial charge in [0.05, 0.1) is 6.61 Å². The molecule has 2 heterocycles. The van der Waals surface area contributed by atoms with Gasteiger partial charge in [0, 0.05) is 6.92 Å². The number of halogens is 3. The van der Waals surface area contributed by atoms with Crippen LogP contribution in [0.5, 0.6) is 0 Å². The summed E-state index contributed by atoms with van der Waals surface area (Å²) in [4.78, 5) is 11.3. The van der Waals surface area contributed by atoms with E-state index >= 15 is 0 Å². The molecule has 2 fully saturated rings. The third-order valence-electron chi connectivity index (χ3n) is 4.66. The van der Waals surface area contributed by atoms with Crippen molar-refractivity contribution < 1.29 is 33.2 Å². The Hall–Kier alpha value is -1.13. The van der Waals surface area contributed by atoms with Crippen LogP contribution in [0.25, 0.3) is 0 Å². The summed E-state index contributed by atoms with van der Waals surface area (Å²) < 4.78 is 32.7. The molecule has 0 unspecified atom stereocenters. The number of fused-ring (bicyclic) bond motifs is 1. The normalized spacial score (nSPS) is 29.8. The molecule has 0 aromatic heterocycles. The summed E-state index contributed by atoms with van der Waals surface area (Å²) in [6.07, 6.45) is -4.02. The van der Waals surface area contributed by atoms with Crippen LogP contribution < -0.4 is 0 Å². The molecular formula is C20H24Cl3NO7. The van der Waals surface area contributed by atoms with Crippen LogP contribution in [0.2, 0.25) is 0 Å². The first-order chi connectivity index (χ1) is 14.5. The largest absolute Gasteiger partial charge is 0.463 e. The molecule has 31 heavy (non-hydrogen) atoms. The summed E-state index contributed by atoms with van der Waals surface area (Å²) in [5.74, 6) is -2.06. The van der Waals surface area contributed by atoms with Crippen LogP contribution >= 0.6 is 34.8 Å². The molecule has 5 atom stereocenters. The van der Waals surface area contributed by atoms with Gasteiger partial charge in [-0.25, -0.2) is 0 Å². The van der Waals surface area contributed by atoms with Crippen molar-refractivity contribution in [1.29, 1.82) is 5.41 Å². The summed E-state index contributed by atoms with van der Waals surface area (Å²) in [5, 5.41) is 7.95. The Kier molecular flexibility index (Phi) is 7.74. The van der Waals surface area contributed by atoms with Gasteiger partial charge in [0.15, 0.2) is 5.79 Å². The Balaban J connectivity index is 1.85. The lowest BCUT2D eigenvalue weighted by molar-refractivity contribution is -0.273. The van der Waals surface area contributed by atoms with E-state index < -0.39 is 52.2 Å². The summed E-state index contributed by atoms with van der Waals surface area (Å²) in [5.41, 5.74) is 0.912. The highest BCUT2D eigenvalue weighted by Gasteiger charge is 2.57. The van der Waals surface area contributed by atoms with Crippen molar-refractivity contribution in [2.45, 2.75) is 67.7 Å². The first-order valence-corrected chi connectivity index (χ1v) is 10.7. The van der Waals surface area contributed by atoms with E-state index in [9.17, 15) is 4.79 Å². The van der Waals surface area contributed by atoms with Crippen molar-refractivity contribution in [3.05, 3.63) is 35.9 Å². The van der Waals surface area contributed by atoms with E-state index in [4.69, 9.17) is 68.6 Å². The maximum atomic E-state index is 11.3.